The molecule has 0 aliphatic carbocycles. The predicted octanol–water partition coefficient (Wildman–Crippen LogP) is 4.08. The molecular weight excluding hydrogens is 470 g/mol. The van der Waals surface area contributed by atoms with Gasteiger partial charge in [0.05, 0.1) is 0 Å². The van der Waals surface area contributed by atoms with E-state index in [1.54, 1.807) is 0 Å². The SMILES string of the molecule is CC[CH2][Sn]([OH])([CH2]CC)[O][Sn]([CH2]CC)([CH2]CC)[O]C(C)=O. The van der Waals surface area contributed by atoms with Gasteiger partial charge in [0.1, 0.15) is 0 Å². The van der Waals surface area contributed by atoms with Crippen molar-refractivity contribution in [3.8, 4) is 0 Å². The van der Waals surface area contributed by atoms with Crippen LogP contribution < -0.4 is 0 Å². The molecule has 4 nitrogen and oxygen atoms in total. The van der Waals surface area contributed by atoms with Gasteiger partial charge >= 0.3 is 135 Å². The Morgan fingerprint density at radius 2 is 1.30 bits per heavy atom. The minimum absolute atomic E-state index is 0.232. The first kappa shape index (κ1) is 21.0. The molecule has 0 bridgehead atoms. The Morgan fingerprint density at radius 3 is 1.60 bits per heavy atom. The van der Waals surface area contributed by atoms with E-state index in [1.165, 1.54) is 6.92 Å². The van der Waals surface area contributed by atoms with Crippen LogP contribution in [0.5, 0.6) is 0 Å². The average Bonchev–Trinajstić information content (AvgIpc) is 2.28. The van der Waals surface area contributed by atoms with Gasteiger partial charge < -0.3 is 0 Å². The summed E-state index contributed by atoms with van der Waals surface area (Å²) >= 11 is -6.96. The van der Waals surface area contributed by atoms with Gasteiger partial charge in [0.25, 0.3) is 0 Å². The van der Waals surface area contributed by atoms with Crippen molar-refractivity contribution in [2.75, 3.05) is 0 Å². The van der Waals surface area contributed by atoms with Crippen molar-refractivity contribution >= 4 is 44.4 Å². The molecular formula is C14H32O4Sn2. The van der Waals surface area contributed by atoms with E-state index < -0.39 is 38.4 Å². The van der Waals surface area contributed by atoms with E-state index in [9.17, 15) is 8.24 Å². The number of carbonyl (C=O) groups excluding carboxylic acids is 1. The van der Waals surface area contributed by atoms with Gasteiger partial charge in [-0.2, -0.15) is 0 Å². The van der Waals surface area contributed by atoms with Crippen LogP contribution in [0.1, 0.15) is 60.3 Å². The fourth-order valence-electron chi connectivity index (χ4n) is 2.73. The Kier molecular flexibility index (Phi) is 11.2. The van der Waals surface area contributed by atoms with Gasteiger partial charge in [0.15, 0.2) is 0 Å². The first-order valence-corrected chi connectivity index (χ1v) is 20.8. The molecule has 0 amide bonds. The Balaban J connectivity index is 5.19. The van der Waals surface area contributed by atoms with Crippen LogP contribution in [-0.4, -0.2) is 47.8 Å². The van der Waals surface area contributed by atoms with Crippen LogP contribution in [-0.2, 0) is 9.28 Å². The van der Waals surface area contributed by atoms with E-state index in [2.05, 4.69) is 27.7 Å². The van der Waals surface area contributed by atoms with Gasteiger partial charge in [-0.15, -0.1) is 0 Å². The fourth-order valence-corrected chi connectivity index (χ4v) is 40.2. The van der Waals surface area contributed by atoms with Crippen molar-refractivity contribution in [1.29, 1.82) is 0 Å². The van der Waals surface area contributed by atoms with E-state index in [4.69, 9.17) is 4.49 Å². The van der Waals surface area contributed by atoms with Crippen LogP contribution in [0.3, 0.4) is 0 Å². The standard InChI is InChI=1S/4C3H7.C2H4O2.H2O.O.2Sn/c4*1-3-2;1-2(3)4;;;;/h4*1,3H2,2H3;1H3,(H,3,4);1H2;;;/q;;;;;;;2*+1/p-2. The number of hydrogen-bond acceptors (Lipinski definition) is 4. The van der Waals surface area contributed by atoms with Gasteiger partial charge in [-0.1, -0.05) is 0 Å². The Labute approximate surface area is 134 Å². The second-order valence-corrected chi connectivity index (χ2v) is 26.9. The van der Waals surface area contributed by atoms with Crippen molar-refractivity contribution < 1.29 is 12.7 Å². The number of rotatable bonds is 11. The summed E-state index contributed by atoms with van der Waals surface area (Å²) < 4.78 is 26.5. The zero-order chi connectivity index (χ0) is 15.6. The van der Waals surface area contributed by atoms with Crippen molar-refractivity contribution in [3.05, 3.63) is 0 Å². The summed E-state index contributed by atoms with van der Waals surface area (Å²) in [6.07, 6.45) is 3.83. The molecule has 0 aromatic carbocycles. The molecule has 0 rings (SSSR count). The molecule has 0 fully saturated rings. The van der Waals surface area contributed by atoms with Crippen molar-refractivity contribution in [3.63, 3.8) is 0 Å². The Hall–Kier alpha value is 0.987. The van der Waals surface area contributed by atoms with Crippen molar-refractivity contribution in [1.82, 2.24) is 0 Å². The third-order valence-corrected chi connectivity index (χ3v) is 36.2. The second-order valence-electron chi connectivity index (χ2n) is 5.55. The molecule has 0 saturated carbocycles. The van der Waals surface area contributed by atoms with Crippen LogP contribution in [0.4, 0.5) is 0 Å². The van der Waals surface area contributed by atoms with E-state index >= 15 is 0 Å². The average molecular weight is 502 g/mol. The van der Waals surface area contributed by atoms with Gasteiger partial charge in [-0.05, 0) is 0 Å². The van der Waals surface area contributed by atoms with Crippen LogP contribution in [0.2, 0.25) is 17.7 Å². The number of carbonyl (C=O) groups is 1. The maximum absolute atomic E-state index is 11.5. The van der Waals surface area contributed by atoms with Crippen LogP contribution in [0.25, 0.3) is 0 Å². The third-order valence-electron chi connectivity index (χ3n) is 3.25. The molecule has 1 N–H and O–H groups in total. The zero-order valence-corrected chi connectivity index (χ0v) is 19.5. The van der Waals surface area contributed by atoms with Gasteiger partial charge in [-0.25, -0.2) is 0 Å². The summed E-state index contributed by atoms with van der Waals surface area (Å²) in [6.45, 7) is 9.84. The molecule has 20 heavy (non-hydrogen) atoms. The van der Waals surface area contributed by atoms with Crippen LogP contribution in [0.15, 0.2) is 0 Å². The molecule has 0 spiro atoms. The monoisotopic (exact) mass is 504 g/mol. The van der Waals surface area contributed by atoms with Gasteiger partial charge in [-0.3, -0.25) is 0 Å². The molecule has 120 valence electrons. The van der Waals surface area contributed by atoms with Gasteiger partial charge in [0.2, 0.25) is 0 Å². The quantitative estimate of drug-likeness (QED) is 0.434. The van der Waals surface area contributed by atoms with E-state index in [0.717, 1.165) is 43.4 Å². The molecule has 0 saturated heterocycles. The van der Waals surface area contributed by atoms with Gasteiger partial charge in [0, 0.05) is 0 Å². The first-order valence-electron chi connectivity index (χ1n) is 7.99. The second kappa shape index (κ2) is 10.7. The molecule has 0 unspecified atom stereocenters. The fraction of sp³-hybridized carbons (Fsp3) is 0.929. The molecule has 0 aliphatic heterocycles. The summed E-state index contributed by atoms with van der Waals surface area (Å²) in [5.41, 5.74) is 0. The Bertz CT molecular complexity index is 272. The summed E-state index contributed by atoms with van der Waals surface area (Å²) in [7, 11) is 0. The van der Waals surface area contributed by atoms with Crippen LogP contribution in [0, 0.1) is 0 Å². The summed E-state index contributed by atoms with van der Waals surface area (Å²) in [5.74, 6) is -0.232. The minimum atomic E-state index is -3.53. The topological polar surface area (TPSA) is 55.8 Å². The van der Waals surface area contributed by atoms with E-state index in [-0.39, 0.29) is 5.97 Å². The van der Waals surface area contributed by atoms with E-state index in [1.807, 2.05) is 0 Å². The van der Waals surface area contributed by atoms with Crippen molar-refractivity contribution in [2.24, 2.45) is 0 Å². The predicted molar refractivity (Wildman–Crippen MR) is 87.0 cm³/mol. The molecule has 0 atom stereocenters. The molecule has 0 aromatic heterocycles. The van der Waals surface area contributed by atoms with Crippen molar-refractivity contribution in [2.45, 2.75) is 78.0 Å². The molecule has 0 radical (unpaired) electrons. The Morgan fingerprint density at radius 1 is 0.900 bits per heavy atom. The molecule has 0 heterocycles. The summed E-state index contributed by atoms with van der Waals surface area (Å²) in [5, 5.41) is 0. The summed E-state index contributed by atoms with van der Waals surface area (Å²) in [4.78, 5) is 11.5. The van der Waals surface area contributed by atoms with Crippen LogP contribution >= 0.6 is 0 Å². The number of hydrogen-bond donors (Lipinski definition) is 1. The third kappa shape index (κ3) is 7.84. The molecule has 0 aromatic rings. The molecule has 0 aliphatic rings. The normalized spacial score (nSPS) is 12.5. The first-order chi connectivity index (χ1) is 9.37. The summed E-state index contributed by atoms with van der Waals surface area (Å²) in [6, 6.07) is 0. The molecule has 6 heteroatoms. The maximum atomic E-state index is 11.5. The van der Waals surface area contributed by atoms with E-state index in [0.29, 0.717) is 0 Å². The zero-order valence-electron chi connectivity index (χ0n) is 13.8.